The first-order chi connectivity index (χ1) is 8.06. The standard InChI is InChI=1S/C14H11BrO2/c1-9(2)14(16)17-13-6-4-10-7-12(15)5-3-11(10)8-13/h3-8H,1H2,2H3. The highest BCUT2D eigenvalue weighted by molar-refractivity contribution is 9.10. The average Bonchev–Trinajstić information content (AvgIpc) is 2.29. The van der Waals surface area contributed by atoms with Crippen LogP contribution in [0.2, 0.25) is 0 Å². The van der Waals surface area contributed by atoms with E-state index in [1.807, 2.05) is 30.3 Å². The van der Waals surface area contributed by atoms with Gasteiger partial charge in [-0.3, -0.25) is 0 Å². The number of carbonyl (C=O) groups is 1. The fourth-order valence-electron chi connectivity index (χ4n) is 1.45. The summed E-state index contributed by atoms with van der Waals surface area (Å²) < 4.78 is 6.19. The molecule has 0 aliphatic rings. The normalized spacial score (nSPS) is 10.2. The van der Waals surface area contributed by atoms with Crippen LogP contribution < -0.4 is 4.74 Å². The van der Waals surface area contributed by atoms with Crippen LogP contribution in [0.3, 0.4) is 0 Å². The summed E-state index contributed by atoms with van der Waals surface area (Å²) in [7, 11) is 0. The van der Waals surface area contributed by atoms with E-state index in [0.717, 1.165) is 15.2 Å². The molecule has 0 unspecified atom stereocenters. The Kier molecular flexibility index (Phi) is 3.29. The van der Waals surface area contributed by atoms with Crippen LogP contribution in [-0.2, 0) is 4.79 Å². The van der Waals surface area contributed by atoms with E-state index in [-0.39, 0.29) is 0 Å². The minimum Gasteiger partial charge on any atom is -0.423 e. The van der Waals surface area contributed by atoms with E-state index >= 15 is 0 Å². The van der Waals surface area contributed by atoms with Gasteiger partial charge in [-0.25, -0.2) is 4.79 Å². The number of ether oxygens (including phenoxy) is 1. The van der Waals surface area contributed by atoms with Crippen LogP contribution in [0.4, 0.5) is 0 Å². The van der Waals surface area contributed by atoms with Crippen LogP contribution in [0.25, 0.3) is 10.8 Å². The van der Waals surface area contributed by atoms with Crippen molar-refractivity contribution in [3.8, 4) is 5.75 Å². The van der Waals surface area contributed by atoms with E-state index in [4.69, 9.17) is 4.74 Å². The van der Waals surface area contributed by atoms with E-state index in [9.17, 15) is 4.79 Å². The number of benzene rings is 2. The average molecular weight is 291 g/mol. The Balaban J connectivity index is 2.35. The first-order valence-corrected chi connectivity index (χ1v) is 5.92. The summed E-state index contributed by atoms with van der Waals surface area (Å²) in [4.78, 5) is 11.4. The molecule has 0 atom stereocenters. The summed E-state index contributed by atoms with van der Waals surface area (Å²) in [5, 5.41) is 2.12. The molecule has 3 heteroatoms. The van der Waals surface area contributed by atoms with Gasteiger partial charge in [-0.05, 0) is 42.0 Å². The largest absolute Gasteiger partial charge is 0.423 e. The van der Waals surface area contributed by atoms with Crippen molar-refractivity contribution in [2.75, 3.05) is 0 Å². The lowest BCUT2D eigenvalue weighted by Crippen LogP contribution is -2.07. The third-order valence-corrected chi connectivity index (χ3v) is 2.83. The van der Waals surface area contributed by atoms with Crippen LogP contribution in [0.5, 0.6) is 5.75 Å². The zero-order valence-electron chi connectivity index (χ0n) is 9.37. The molecule has 0 aliphatic carbocycles. The summed E-state index contributed by atoms with van der Waals surface area (Å²) >= 11 is 3.41. The van der Waals surface area contributed by atoms with Crippen molar-refractivity contribution in [2.24, 2.45) is 0 Å². The molecule has 0 radical (unpaired) electrons. The van der Waals surface area contributed by atoms with Crippen molar-refractivity contribution in [2.45, 2.75) is 6.92 Å². The Morgan fingerprint density at radius 1 is 1.18 bits per heavy atom. The van der Waals surface area contributed by atoms with Gasteiger partial charge in [0.05, 0.1) is 0 Å². The predicted octanol–water partition coefficient (Wildman–Crippen LogP) is 4.08. The Bertz CT molecular complexity index is 602. The Morgan fingerprint density at radius 2 is 1.82 bits per heavy atom. The second-order valence-corrected chi connectivity index (χ2v) is 4.74. The molecule has 0 spiro atoms. The van der Waals surface area contributed by atoms with Gasteiger partial charge in [0.15, 0.2) is 0 Å². The number of carbonyl (C=O) groups excluding carboxylic acids is 1. The van der Waals surface area contributed by atoms with E-state index in [2.05, 4.69) is 22.5 Å². The second-order valence-electron chi connectivity index (χ2n) is 3.82. The third-order valence-electron chi connectivity index (χ3n) is 2.33. The maximum atomic E-state index is 11.4. The minimum atomic E-state index is -0.401. The Labute approximate surface area is 108 Å². The van der Waals surface area contributed by atoms with Crippen LogP contribution in [0.15, 0.2) is 53.0 Å². The molecule has 0 fully saturated rings. The van der Waals surface area contributed by atoms with Gasteiger partial charge in [-0.2, -0.15) is 0 Å². The lowest BCUT2D eigenvalue weighted by Gasteiger charge is -2.05. The van der Waals surface area contributed by atoms with E-state index < -0.39 is 5.97 Å². The molecular weight excluding hydrogens is 280 g/mol. The number of hydrogen-bond acceptors (Lipinski definition) is 2. The van der Waals surface area contributed by atoms with E-state index in [0.29, 0.717) is 11.3 Å². The van der Waals surface area contributed by atoms with Crippen molar-refractivity contribution in [3.63, 3.8) is 0 Å². The molecule has 0 bridgehead atoms. The summed E-state index contributed by atoms with van der Waals surface area (Å²) in [6, 6.07) is 11.5. The van der Waals surface area contributed by atoms with Gasteiger partial charge in [0.2, 0.25) is 0 Å². The fourth-order valence-corrected chi connectivity index (χ4v) is 1.83. The summed E-state index contributed by atoms with van der Waals surface area (Å²) in [6.45, 7) is 5.17. The SMILES string of the molecule is C=C(C)C(=O)Oc1ccc2cc(Br)ccc2c1. The van der Waals surface area contributed by atoms with Gasteiger partial charge in [-0.15, -0.1) is 0 Å². The molecule has 17 heavy (non-hydrogen) atoms. The zero-order valence-corrected chi connectivity index (χ0v) is 11.0. The molecular formula is C14H11BrO2. The maximum absolute atomic E-state index is 11.4. The van der Waals surface area contributed by atoms with Gasteiger partial charge >= 0.3 is 5.97 Å². The van der Waals surface area contributed by atoms with Crippen molar-refractivity contribution in [3.05, 3.63) is 53.0 Å². The minimum absolute atomic E-state index is 0.390. The highest BCUT2D eigenvalue weighted by atomic mass is 79.9. The van der Waals surface area contributed by atoms with Gasteiger partial charge in [-0.1, -0.05) is 34.6 Å². The highest BCUT2D eigenvalue weighted by Gasteiger charge is 2.05. The summed E-state index contributed by atoms with van der Waals surface area (Å²) in [5.41, 5.74) is 0.390. The summed E-state index contributed by atoms with van der Waals surface area (Å²) in [6.07, 6.45) is 0. The zero-order chi connectivity index (χ0) is 12.4. The maximum Gasteiger partial charge on any atom is 0.338 e. The molecule has 0 N–H and O–H groups in total. The quantitative estimate of drug-likeness (QED) is 0.473. The van der Waals surface area contributed by atoms with E-state index in [1.165, 1.54) is 0 Å². The second kappa shape index (κ2) is 4.72. The number of hydrogen-bond donors (Lipinski definition) is 0. The predicted molar refractivity (Wildman–Crippen MR) is 72.1 cm³/mol. The smallest absolute Gasteiger partial charge is 0.338 e. The highest BCUT2D eigenvalue weighted by Crippen LogP contribution is 2.24. The summed E-state index contributed by atoms with van der Waals surface area (Å²) in [5.74, 6) is 0.134. The molecule has 86 valence electrons. The van der Waals surface area contributed by atoms with Crippen molar-refractivity contribution >= 4 is 32.7 Å². The molecule has 2 nitrogen and oxygen atoms in total. The van der Waals surface area contributed by atoms with E-state index in [1.54, 1.807) is 13.0 Å². The lowest BCUT2D eigenvalue weighted by molar-refractivity contribution is -0.130. The number of rotatable bonds is 2. The topological polar surface area (TPSA) is 26.3 Å². The third kappa shape index (κ3) is 2.74. The monoisotopic (exact) mass is 290 g/mol. The van der Waals surface area contributed by atoms with Crippen molar-refractivity contribution in [1.29, 1.82) is 0 Å². The molecule has 0 aromatic heterocycles. The van der Waals surface area contributed by atoms with Gasteiger partial charge in [0.1, 0.15) is 5.75 Å². The molecule has 2 aromatic rings. The molecule has 0 aliphatic heterocycles. The van der Waals surface area contributed by atoms with Crippen molar-refractivity contribution < 1.29 is 9.53 Å². The Hall–Kier alpha value is -1.61. The first-order valence-electron chi connectivity index (χ1n) is 5.13. The van der Waals surface area contributed by atoms with Crippen LogP contribution >= 0.6 is 15.9 Å². The number of halogens is 1. The number of fused-ring (bicyclic) bond motifs is 1. The first kappa shape index (κ1) is 11.9. The molecule has 0 amide bonds. The molecule has 2 aromatic carbocycles. The molecule has 2 rings (SSSR count). The number of esters is 1. The van der Waals surface area contributed by atoms with Gasteiger partial charge < -0.3 is 4.74 Å². The van der Waals surface area contributed by atoms with Gasteiger partial charge in [0, 0.05) is 10.0 Å². The Morgan fingerprint density at radius 3 is 2.53 bits per heavy atom. The van der Waals surface area contributed by atoms with Crippen LogP contribution in [0.1, 0.15) is 6.92 Å². The molecule has 0 saturated heterocycles. The van der Waals surface area contributed by atoms with Crippen LogP contribution in [0, 0.1) is 0 Å². The fraction of sp³-hybridized carbons (Fsp3) is 0.0714. The molecule has 0 heterocycles. The van der Waals surface area contributed by atoms with Crippen molar-refractivity contribution in [1.82, 2.24) is 0 Å². The molecule has 0 saturated carbocycles. The lowest BCUT2D eigenvalue weighted by atomic mass is 10.1. The van der Waals surface area contributed by atoms with Gasteiger partial charge in [0.25, 0.3) is 0 Å². The van der Waals surface area contributed by atoms with Crippen LogP contribution in [-0.4, -0.2) is 5.97 Å².